The third-order valence-electron chi connectivity index (χ3n) is 4.44. The molecule has 1 aliphatic rings. The van der Waals surface area contributed by atoms with Crippen LogP contribution in [0.5, 0.6) is 11.5 Å². The SMILES string of the molecule is COc1ccccc1N1C(=O)/C(=C\c2ccc(COc3ccc(Br)cc3Cl)o2)NC1=S. The molecule has 0 saturated carbocycles. The molecule has 3 aromatic rings. The number of hydrogen-bond acceptors (Lipinski definition) is 5. The van der Waals surface area contributed by atoms with Crippen LogP contribution in [-0.4, -0.2) is 18.1 Å². The molecule has 0 bridgehead atoms. The maximum absolute atomic E-state index is 12.9. The minimum atomic E-state index is -0.301. The number of methoxy groups -OCH3 is 1. The molecule has 31 heavy (non-hydrogen) atoms. The van der Waals surface area contributed by atoms with Crippen LogP contribution in [0.25, 0.3) is 6.08 Å². The van der Waals surface area contributed by atoms with Crippen LogP contribution in [0.15, 0.2) is 69.2 Å². The number of furan rings is 1. The fourth-order valence-corrected chi connectivity index (χ4v) is 4.02. The van der Waals surface area contributed by atoms with Crippen molar-refractivity contribution in [1.82, 2.24) is 5.32 Å². The zero-order valence-electron chi connectivity index (χ0n) is 16.2. The lowest BCUT2D eigenvalue weighted by atomic mass is 10.2. The molecule has 1 aromatic heterocycles. The third-order valence-corrected chi connectivity index (χ3v) is 5.51. The molecule has 0 radical (unpaired) electrons. The number of benzene rings is 2. The molecular weight excluding hydrogens is 504 g/mol. The van der Waals surface area contributed by atoms with Gasteiger partial charge in [-0.3, -0.25) is 4.79 Å². The van der Waals surface area contributed by atoms with Gasteiger partial charge in [0.1, 0.15) is 35.3 Å². The van der Waals surface area contributed by atoms with E-state index in [-0.39, 0.29) is 17.6 Å². The van der Waals surface area contributed by atoms with E-state index in [0.29, 0.717) is 39.4 Å². The second-order valence-corrected chi connectivity index (χ2v) is 8.18. The van der Waals surface area contributed by atoms with Gasteiger partial charge >= 0.3 is 0 Å². The fraction of sp³-hybridized carbons (Fsp3) is 0.0909. The Balaban J connectivity index is 1.49. The van der Waals surface area contributed by atoms with Crippen LogP contribution in [-0.2, 0) is 11.4 Å². The number of nitrogens with one attached hydrogen (secondary N) is 1. The van der Waals surface area contributed by atoms with Gasteiger partial charge in [-0.05, 0) is 54.7 Å². The van der Waals surface area contributed by atoms with Gasteiger partial charge in [0, 0.05) is 10.5 Å². The van der Waals surface area contributed by atoms with Gasteiger partial charge < -0.3 is 19.2 Å². The molecule has 4 rings (SSSR count). The molecule has 1 aliphatic heterocycles. The van der Waals surface area contributed by atoms with Crippen LogP contribution in [0.1, 0.15) is 11.5 Å². The Morgan fingerprint density at radius 1 is 1.19 bits per heavy atom. The van der Waals surface area contributed by atoms with Gasteiger partial charge in [-0.1, -0.05) is 39.7 Å². The van der Waals surface area contributed by atoms with E-state index >= 15 is 0 Å². The Morgan fingerprint density at radius 3 is 2.77 bits per heavy atom. The topological polar surface area (TPSA) is 63.9 Å². The number of anilines is 1. The molecule has 9 heteroatoms. The van der Waals surface area contributed by atoms with Crippen molar-refractivity contribution in [2.24, 2.45) is 0 Å². The first-order valence-corrected chi connectivity index (χ1v) is 10.7. The van der Waals surface area contributed by atoms with Crippen molar-refractivity contribution in [2.45, 2.75) is 6.61 Å². The van der Waals surface area contributed by atoms with Crippen molar-refractivity contribution in [3.63, 3.8) is 0 Å². The van der Waals surface area contributed by atoms with Gasteiger partial charge in [-0.2, -0.15) is 0 Å². The molecule has 0 unspecified atom stereocenters. The Bertz CT molecular complexity index is 1190. The lowest BCUT2D eigenvalue weighted by Crippen LogP contribution is -2.30. The molecular formula is C22H16BrClN2O4S. The number of halogens is 2. The molecule has 0 aliphatic carbocycles. The highest BCUT2D eigenvalue weighted by Crippen LogP contribution is 2.32. The Kier molecular flexibility index (Phi) is 6.31. The number of hydrogen-bond donors (Lipinski definition) is 1. The normalized spacial score (nSPS) is 14.8. The highest BCUT2D eigenvalue weighted by molar-refractivity contribution is 9.10. The van der Waals surface area contributed by atoms with Crippen LogP contribution < -0.4 is 19.7 Å². The smallest absolute Gasteiger partial charge is 0.281 e. The number of thiocarbonyl (C=S) groups is 1. The van der Waals surface area contributed by atoms with Crippen LogP contribution in [0.2, 0.25) is 5.02 Å². The van der Waals surface area contributed by atoms with Gasteiger partial charge in [0.05, 0.1) is 17.8 Å². The number of carbonyl (C=O) groups is 1. The van der Waals surface area contributed by atoms with E-state index in [1.165, 1.54) is 4.90 Å². The number of rotatable bonds is 6. The lowest BCUT2D eigenvalue weighted by molar-refractivity contribution is -0.113. The van der Waals surface area contributed by atoms with E-state index in [1.54, 1.807) is 49.6 Å². The summed E-state index contributed by atoms with van der Waals surface area (Å²) in [5, 5.41) is 3.69. The third kappa shape index (κ3) is 4.61. The molecule has 158 valence electrons. The monoisotopic (exact) mass is 518 g/mol. The van der Waals surface area contributed by atoms with Crippen LogP contribution in [0.3, 0.4) is 0 Å². The van der Waals surface area contributed by atoms with Crippen molar-refractivity contribution in [3.8, 4) is 11.5 Å². The molecule has 1 saturated heterocycles. The average molecular weight is 520 g/mol. The highest BCUT2D eigenvalue weighted by atomic mass is 79.9. The zero-order chi connectivity index (χ0) is 22.0. The van der Waals surface area contributed by atoms with Gasteiger partial charge in [-0.25, -0.2) is 4.90 Å². The minimum absolute atomic E-state index is 0.192. The Hall–Kier alpha value is -2.81. The predicted octanol–water partition coefficient (Wildman–Crippen LogP) is 5.55. The average Bonchev–Trinajstić information content (AvgIpc) is 3.31. The minimum Gasteiger partial charge on any atom is -0.495 e. The van der Waals surface area contributed by atoms with Gasteiger partial charge in [-0.15, -0.1) is 0 Å². The maximum atomic E-state index is 12.9. The van der Waals surface area contributed by atoms with E-state index in [2.05, 4.69) is 21.2 Å². The van der Waals surface area contributed by atoms with Gasteiger partial charge in [0.25, 0.3) is 5.91 Å². The van der Waals surface area contributed by atoms with Crippen molar-refractivity contribution >= 4 is 62.5 Å². The number of amides is 1. The van der Waals surface area contributed by atoms with Crippen molar-refractivity contribution in [3.05, 3.63) is 81.3 Å². The number of nitrogens with zero attached hydrogens (tertiary/aromatic N) is 1. The van der Waals surface area contributed by atoms with Crippen LogP contribution in [0.4, 0.5) is 5.69 Å². The van der Waals surface area contributed by atoms with Crippen LogP contribution >= 0.6 is 39.7 Å². The molecule has 1 N–H and O–H groups in total. The van der Waals surface area contributed by atoms with E-state index in [9.17, 15) is 4.79 Å². The van der Waals surface area contributed by atoms with E-state index in [4.69, 9.17) is 37.7 Å². The van der Waals surface area contributed by atoms with Crippen molar-refractivity contribution in [2.75, 3.05) is 12.0 Å². The quantitative estimate of drug-likeness (QED) is 0.341. The summed E-state index contributed by atoms with van der Waals surface area (Å²) in [5.74, 6) is 1.86. The first-order chi connectivity index (χ1) is 15.0. The van der Waals surface area contributed by atoms with Gasteiger partial charge in [0.15, 0.2) is 5.11 Å². The zero-order valence-corrected chi connectivity index (χ0v) is 19.4. The molecule has 1 fully saturated rings. The summed E-state index contributed by atoms with van der Waals surface area (Å²) in [4.78, 5) is 14.3. The second kappa shape index (κ2) is 9.13. The van der Waals surface area contributed by atoms with E-state index in [0.717, 1.165) is 4.47 Å². The molecule has 1 amide bonds. The summed E-state index contributed by atoms with van der Waals surface area (Å²) >= 11 is 14.9. The number of carbonyl (C=O) groups excluding carboxylic acids is 1. The molecule has 6 nitrogen and oxygen atoms in total. The first-order valence-electron chi connectivity index (χ1n) is 9.13. The molecule has 2 heterocycles. The fourth-order valence-electron chi connectivity index (χ4n) is 3.00. The second-order valence-electron chi connectivity index (χ2n) is 6.47. The summed E-state index contributed by atoms with van der Waals surface area (Å²) < 4.78 is 17.7. The van der Waals surface area contributed by atoms with E-state index < -0.39 is 0 Å². The largest absolute Gasteiger partial charge is 0.495 e. The summed E-state index contributed by atoms with van der Waals surface area (Å²) in [6.45, 7) is 0.192. The highest BCUT2D eigenvalue weighted by Gasteiger charge is 2.33. The molecule has 0 spiro atoms. The Morgan fingerprint density at radius 2 is 2.00 bits per heavy atom. The number of ether oxygens (including phenoxy) is 2. The summed E-state index contributed by atoms with van der Waals surface area (Å²) in [6.07, 6.45) is 1.60. The first kappa shape index (κ1) is 21.4. The van der Waals surface area contributed by atoms with Crippen molar-refractivity contribution in [1.29, 1.82) is 0 Å². The predicted molar refractivity (Wildman–Crippen MR) is 126 cm³/mol. The number of para-hydroxylation sites is 2. The summed E-state index contributed by atoms with van der Waals surface area (Å²) in [6, 6.07) is 16.1. The van der Waals surface area contributed by atoms with Crippen LogP contribution in [0, 0.1) is 0 Å². The summed E-state index contributed by atoms with van der Waals surface area (Å²) in [7, 11) is 1.54. The lowest BCUT2D eigenvalue weighted by Gasteiger charge is -2.17. The summed E-state index contributed by atoms with van der Waals surface area (Å²) in [5.41, 5.74) is 0.865. The van der Waals surface area contributed by atoms with E-state index in [1.807, 2.05) is 18.2 Å². The van der Waals surface area contributed by atoms with Crippen molar-refractivity contribution < 1.29 is 18.7 Å². The maximum Gasteiger partial charge on any atom is 0.281 e. The molecule has 2 aromatic carbocycles. The molecule has 0 atom stereocenters. The van der Waals surface area contributed by atoms with Gasteiger partial charge in [0.2, 0.25) is 0 Å². The standard InChI is InChI=1S/C22H16BrClN2O4S/c1-28-20-5-3-2-4-18(20)26-21(27)17(25-22(26)31)11-14-7-8-15(30-14)12-29-19-9-6-13(23)10-16(19)24/h2-11H,12H2,1H3,(H,25,31)/b17-11+. The Labute approximate surface area is 197 Å².